The van der Waals surface area contributed by atoms with Gasteiger partial charge in [0.25, 0.3) is 0 Å². The van der Waals surface area contributed by atoms with Gasteiger partial charge in [-0.15, -0.1) is 0 Å². The maximum absolute atomic E-state index is 10.3. The molecule has 0 aliphatic carbocycles. The number of rotatable bonds is 6. The Morgan fingerprint density at radius 1 is 0.973 bits per heavy atom. The van der Waals surface area contributed by atoms with Crippen molar-refractivity contribution in [3.05, 3.63) is 35.9 Å². The van der Waals surface area contributed by atoms with Crippen molar-refractivity contribution >= 4 is 28.0 Å². The summed E-state index contributed by atoms with van der Waals surface area (Å²) in [6.45, 7) is 9.68. The number of ether oxygens (including phenoxy) is 1. The van der Waals surface area contributed by atoms with Gasteiger partial charge in [-0.3, -0.25) is 4.57 Å². The molecule has 0 atom stereocenters. The number of morpholine rings is 1. The zero-order chi connectivity index (χ0) is 25.6. The second kappa shape index (κ2) is 9.66. The van der Waals surface area contributed by atoms with Gasteiger partial charge in [-0.1, -0.05) is 19.1 Å². The van der Waals surface area contributed by atoms with Crippen LogP contribution in [-0.4, -0.2) is 90.6 Å². The van der Waals surface area contributed by atoms with Crippen molar-refractivity contribution < 1.29 is 9.84 Å². The van der Waals surface area contributed by atoms with Gasteiger partial charge in [0.1, 0.15) is 11.6 Å². The molecule has 0 radical (unpaired) electrons. The number of anilines is 1. The van der Waals surface area contributed by atoms with Crippen molar-refractivity contribution in [2.24, 2.45) is 7.05 Å². The van der Waals surface area contributed by atoms with E-state index in [1.54, 1.807) is 0 Å². The summed E-state index contributed by atoms with van der Waals surface area (Å²) < 4.78 is 9.84. The summed E-state index contributed by atoms with van der Waals surface area (Å²) >= 11 is 0. The Labute approximate surface area is 216 Å². The number of fused-ring (bicyclic) bond motifs is 2. The van der Waals surface area contributed by atoms with Crippen LogP contribution >= 0.6 is 0 Å². The van der Waals surface area contributed by atoms with Crippen LogP contribution in [0.4, 0.5) is 5.82 Å². The fourth-order valence-electron chi connectivity index (χ4n) is 5.45. The van der Waals surface area contributed by atoms with E-state index < -0.39 is 5.60 Å². The number of imidazole rings is 2. The van der Waals surface area contributed by atoms with Crippen LogP contribution < -0.4 is 4.90 Å². The minimum absolute atomic E-state index is 0.539. The largest absolute Gasteiger partial charge is 0.390 e. The van der Waals surface area contributed by atoms with Gasteiger partial charge in [-0.25, -0.2) is 9.97 Å². The van der Waals surface area contributed by atoms with E-state index in [0.717, 1.165) is 98.1 Å². The van der Waals surface area contributed by atoms with Crippen LogP contribution in [0.2, 0.25) is 0 Å². The molecule has 37 heavy (non-hydrogen) atoms. The zero-order valence-corrected chi connectivity index (χ0v) is 22.0. The Morgan fingerprint density at radius 2 is 1.73 bits per heavy atom. The lowest BCUT2D eigenvalue weighted by molar-refractivity contribution is -0.00503. The molecule has 5 heterocycles. The third-order valence-corrected chi connectivity index (χ3v) is 7.82. The summed E-state index contributed by atoms with van der Waals surface area (Å²) in [6.07, 6.45) is 3.22. The molecular weight excluding hydrogens is 468 g/mol. The Bertz CT molecular complexity index is 1410. The average Bonchev–Trinajstić information content (AvgIpc) is 3.45. The molecule has 0 saturated carbocycles. The number of aromatic nitrogens is 6. The highest BCUT2D eigenvalue weighted by atomic mass is 16.5. The molecule has 0 unspecified atom stereocenters. The van der Waals surface area contributed by atoms with E-state index in [1.165, 1.54) is 0 Å². The quantitative estimate of drug-likeness (QED) is 0.428. The van der Waals surface area contributed by atoms with Gasteiger partial charge in [0, 0.05) is 52.6 Å². The summed E-state index contributed by atoms with van der Waals surface area (Å²) in [7, 11) is 2.05. The van der Waals surface area contributed by atoms with Crippen LogP contribution in [-0.2, 0) is 24.6 Å². The van der Waals surface area contributed by atoms with Crippen LogP contribution in [0.3, 0.4) is 0 Å². The van der Waals surface area contributed by atoms with Gasteiger partial charge in [-0.2, -0.15) is 9.97 Å². The van der Waals surface area contributed by atoms with E-state index in [2.05, 4.69) is 39.0 Å². The molecule has 10 heteroatoms. The Hall–Kier alpha value is -3.08. The highest BCUT2D eigenvalue weighted by Gasteiger charge is 2.28. The van der Waals surface area contributed by atoms with Crippen LogP contribution in [0.5, 0.6) is 0 Å². The molecule has 6 rings (SSSR count). The second-order valence-electron chi connectivity index (χ2n) is 10.5. The molecule has 2 aliphatic heterocycles. The fraction of sp³-hybridized carbons (Fsp3) is 0.556. The number of para-hydroxylation sites is 2. The number of nitrogens with zero attached hydrogens (tertiary/aromatic N) is 8. The topological polar surface area (TPSA) is 97.4 Å². The number of likely N-dealkylation sites (tertiary alicyclic amines) is 1. The summed E-state index contributed by atoms with van der Waals surface area (Å²) in [5.41, 5.74) is 3.09. The molecule has 4 aromatic rings. The van der Waals surface area contributed by atoms with Crippen molar-refractivity contribution in [2.75, 3.05) is 50.8 Å². The van der Waals surface area contributed by atoms with E-state index in [4.69, 9.17) is 24.7 Å². The first-order valence-electron chi connectivity index (χ1n) is 13.4. The summed E-state index contributed by atoms with van der Waals surface area (Å²) in [5.74, 6) is 3.43. The molecule has 2 aliphatic rings. The number of benzene rings is 1. The van der Waals surface area contributed by atoms with Crippen LogP contribution in [0, 0.1) is 0 Å². The molecule has 2 fully saturated rings. The smallest absolute Gasteiger partial charge is 0.239 e. The monoisotopic (exact) mass is 504 g/mol. The molecule has 0 amide bonds. The average molecular weight is 505 g/mol. The summed E-state index contributed by atoms with van der Waals surface area (Å²) in [6, 6.07) is 8.16. The molecule has 10 nitrogen and oxygen atoms in total. The van der Waals surface area contributed by atoms with Crippen molar-refractivity contribution in [2.45, 2.75) is 45.1 Å². The highest BCUT2D eigenvalue weighted by Crippen LogP contribution is 2.29. The number of piperidine rings is 1. The molecule has 2 saturated heterocycles. The first-order valence-corrected chi connectivity index (χ1v) is 13.4. The molecule has 0 spiro atoms. The van der Waals surface area contributed by atoms with Crippen LogP contribution in [0.15, 0.2) is 24.3 Å². The summed E-state index contributed by atoms with van der Waals surface area (Å²) in [4.78, 5) is 24.8. The Morgan fingerprint density at radius 3 is 2.49 bits per heavy atom. The van der Waals surface area contributed by atoms with E-state index in [9.17, 15) is 5.11 Å². The van der Waals surface area contributed by atoms with Gasteiger partial charge in [0.2, 0.25) is 5.95 Å². The molecular formula is C27H36N8O2. The predicted octanol–water partition coefficient (Wildman–Crippen LogP) is 2.49. The minimum Gasteiger partial charge on any atom is -0.390 e. The molecule has 1 N–H and O–H groups in total. The number of aliphatic hydroxyl groups is 1. The lowest BCUT2D eigenvalue weighted by Crippen LogP contribution is -2.43. The first-order chi connectivity index (χ1) is 17.9. The second-order valence-corrected chi connectivity index (χ2v) is 10.5. The molecule has 1 aromatic carbocycles. The Balaban J connectivity index is 1.41. The zero-order valence-electron chi connectivity index (χ0n) is 22.0. The number of hydrogen-bond acceptors (Lipinski definition) is 8. The molecule has 0 bridgehead atoms. The van der Waals surface area contributed by atoms with Gasteiger partial charge < -0.3 is 24.2 Å². The lowest BCUT2D eigenvalue weighted by atomic mass is 9.94. The summed E-state index contributed by atoms with van der Waals surface area (Å²) in [5, 5.41) is 10.3. The van der Waals surface area contributed by atoms with Gasteiger partial charge >= 0.3 is 0 Å². The van der Waals surface area contributed by atoms with E-state index in [-0.39, 0.29) is 0 Å². The van der Waals surface area contributed by atoms with Crippen molar-refractivity contribution in [3.63, 3.8) is 0 Å². The van der Waals surface area contributed by atoms with Crippen LogP contribution in [0.1, 0.15) is 38.3 Å². The first kappa shape index (κ1) is 24.3. The van der Waals surface area contributed by atoms with Crippen molar-refractivity contribution in [1.29, 1.82) is 0 Å². The van der Waals surface area contributed by atoms with Crippen molar-refractivity contribution in [1.82, 2.24) is 34.0 Å². The fourth-order valence-corrected chi connectivity index (χ4v) is 5.45. The minimum atomic E-state index is -0.539. The Kier molecular flexibility index (Phi) is 6.34. The third-order valence-electron chi connectivity index (χ3n) is 7.82. The number of aryl methyl sites for hydroxylation is 2. The van der Waals surface area contributed by atoms with E-state index >= 15 is 0 Å². The maximum atomic E-state index is 10.3. The molecule has 196 valence electrons. The standard InChI is InChI=1S/C27H36N8O2/c1-4-21-28-19-7-5-6-8-20(19)35(21)26-30-24-23(25(31-26)34-15-17-37-18-16-34)29-22(32(24)3)9-12-33-13-10-27(2,36)11-14-33/h5-8,36H,4,9-18H2,1-3H3. The van der Waals surface area contributed by atoms with E-state index in [0.29, 0.717) is 19.2 Å². The van der Waals surface area contributed by atoms with Crippen molar-refractivity contribution in [3.8, 4) is 5.95 Å². The van der Waals surface area contributed by atoms with Gasteiger partial charge in [-0.05, 0) is 31.9 Å². The molecule has 3 aromatic heterocycles. The van der Waals surface area contributed by atoms with Gasteiger partial charge in [0.15, 0.2) is 17.0 Å². The number of hydrogen-bond donors (Lipinski definition) is 1. The lowest BCUT2D eigenvalue weighted by Gasteiger charge is -2.35. The highest BCUT2D eigenvalue weighted by molar-refractivity contribution is 5.86. The van der Waals surface area contributed by atoms with Crippen LogP contribution in [0.25, 0.3) is 28.1 Å². The van der Waals surface area contributed by atoms with Gasteiger partial charge in [0.05, 0.1) is 29.8 Å². The predicted molar refractivity (Wildman–Crippen MR) is 143 cm³/mol. The van der Waals surface area contributed by atoms with E-state index in [1.807, 2.05) is 25.1 Å². The normalized spacial score (nSPS) is 18.8. The third kappa shape index (κ3) is 4.58. The maximum Gasteiger partial charge on any atom is 0.239 e. The SMILES string of the molecule is CCc1nc2ccccc2n1-c1nc(N2CCOCC2)c2nc(CCN3CCC(C)(O)CC3)n(C)c2n1.